The van der Waals surface area contributed by atoms with Crippen molar-refractivity contribution >= 4 is 5.69 Å². The van der Waals surface area contributed by atoms with Gasteiger partial charge in [-0.3, -0.25) is 10.1 Å². The van der Waals surface area contributed by atoms with Crippen molar-refractivity contribution in [1.82, 2.24) is 10.1 Å². The Labute approximate surface area is 115 Å². The summed E-state index contributed by atoms with van der Waals surface area (Å²) in [4.78, 5) is 14.4. The highest BCUT2D eigenvalue weighted by Crippen LogP contribution is 2.20. The Morgan fingerprint density at radius 3 is 2.70 bits per heavy atom. The van der Waals surface area contributed by atoms with Gasteiger partial charge in [-0.1, -0.05) is 5.16 Å². The third-order valence-corrected chi connectivity index (χ3v) is 2.85. The van der Waals surface area contributed by atoms with Gasteiger partial charge in [0.25, 0.3) is 5.69 Å². The highest BCUT2D eigenvalue weighted by atomic mass is 16.6. The number of nitrogens with two attached hydrogens (primary N) is 1. The fraction of sp³-hybridized carbons (Fsp3) is 0.385. The van der Waals surface area contributed by atoms with Gasteiger partial charge in [0.05, 0.1) is 4.92 Å². The van der Waals surface area contributed by atoms with Crippen LogP contribution in [0.4, 0.5) is 5.69 Å². The second-order valence-electron chi connectivity index (χ2n) is 4.69. The number of non-ortho nitro benzene ring substituents is 1. The summed E-state index contributed by atoms with van der Waals surface area (Å²) in [6, 6.07) is 6.21. The number of nitro benzene ring substituents is 1. The largest absolute Gasteiger partial charge is 0.339 e. The third kappa shape index (κ3) is 3.61. The van der Waals surface area contributed by atoms with Gasteiger partial charge >= 0.3 is 0 Å². The molecule has 0 spiro atoms. The van der Waals surface area contributed by atoms with Gasteiger partial charge in [-0.15, -0.1) is 0 Å². The van der Waals surface area contributed by atoms with E-state index in [1.807, 2.05) is 6.92 Å². The Bertz CT molecular complexity index is 578. The van der Waals surface area contributed by atoms with Crippen LogP contribution >= 0.6 is 0 Å². The number of nitrogens with zero attached hydrogens (tertiary/aromatic N) is 3. The summed E-state index contributed by atoms with van der Waals surface area (Å²) < 4.78 is 5.14. The first-order valence-corrected chi connectivity index (χ1v) is 6.39. The summed E-state index contributed by atoms with van der Waals surface area (Å²) in [5.41, 5.74) is 6.40. The zero-order valence-corrected chi connectivity index (χ0v) is 11.2. The smallest absolute Gasteiger partial charge is 0.269 e. The molecular weight excluding hydrogens is 260 g/mol. The minimum absolute atomic E-state index is 0.0365. The number of hydrogen-bond acceptors (Lipinski definition) is 6. The molecule has 0 bridgehead atoms. The van der Waals surface area contributed by atoms with Crippen molar-refractivity contribution in [2.75, 3.05) is 0 Å². The molecule has 0 aliphatic carbocycles. The van der Waals surface area contributed by atoms with E-state index in [9.17, 15) is 10.1 Å². The first kappa shape index (κ1) is 14.1. The Kier molecular flexibility index (Phi) is 4.41. The van der Waals surface area contributed by atoms with E-state index in [0.717, 1.165) is 12.8 Å². The van der Waals surface area contributed by atoms with Crippen LogP contribution in [-0.4, -0.2) is 21.1 Å². The number of rotatable bonds is 6. The molecule has 2 N–H and O–H groups in total. The number of benzene rings is 1. The first-order chi connectivity index (χ1) is 9.56. The number of aromatic nitrogens is 2. The van der Waals surface area contributed by atoms with Crippen LogP contribution in [0.3, 0.4) is 0 Å². The maximum Gasteiger partial charge on any atom is 0.269 e. The van der Waals surface area contributed by atoms with E-state index < -0.39 is 4.92 Å². The minimum Gasteiger partial charge on any atom is -0.339 e. The topological polar surface area (TPSA) is 108 Å². The molecule has 7 heteroatoms. The van der Waals surface area contributed by atoms with Crippen molar-refractivity contribution < 1.29 is 9.45 Å². The molecule has 0 aliphatic heterocycles. The molecule has 1 aromatic heterocycles. The van der Waals surface area contributed by atoms with Crippen molar-refractivity contribution in [3.8, 4) is 11.4 Å². The summed E-state index contributed by atoms with van der Waals surface area (Å²) >= 11 is 0. The molecule has 0 fully saturated rings. The Balaban J connectivity index is 2.02. The number of hydrogen-bond donors (Lipinski definition) is 1. The van der Waals surface area contributed by atoms with Crippen LogP contribution < -0.4 is 5.73 Å². The fourth-order valence-corrected chi connectivity index (χ4v) is 1.78. The summed E-state index contributed by atoms with van der Waals surface area (Å²) in [5.74, 6) is 0.995. The average Bonchev–Trinajstić information content (AvgIpc) is 2.87. The van der Waals surface area contributed by atoms with Crippen molar-refractivity contribution in [3.05, 3.63) is 40.3 Å². The molecule has 0 amide bonds. The van der Waals surface area contributed by atoms with E-state index >= 15 is 0 Å². The van der Waals surface area contributed by atoms with Gasteiger partial charge in [-0.05, 0) is 31.9 Å². The van der Waals surface area contributed by atoms with Crippen molar-refractivity contribution in [2.24, 2.45) is 5.73 Å². The molecule has 1 heterocycles. The van der Waals surface area contributed by atoms with E-state index in [2.05, 4.69) is 10.1 Å². The zero-order chi connectivity index (χ0) is 14.5. The van der Waals surface area contributed by atoms with E-state index in [-0.39, 0.29) is 11.7 Å². The van der Waals surface area contributed by atoms with E-state index in [1.54, 1.807) is 12.1 Å². The molecule has 1 atom stereocenters. The molecule has 0 saturated carbocycles. The lowest BCUT2D eigenvalue weighted by Gasteiger charge is -2.00. The Morgan fingerprint density at radius 2 is 2.10 bits per heavy atom. The molecule has 0 radical (unpaired) electrons. The quantitative estimate of drug-likeness (QED) is 0.640. The second kappa shape index (κ2) is 6.25. The molecule has 2 aromatic rings. The molecule has 0 saturated heterocycles. The second-order valence-corrected chi connectivity index (χ2v) is 4.69. The maximum atomic E-state index is 10.6. The van der Waals surface area contributed by atoms with E-state index in [0.29, 0.717) is 23.7 Å². The third-order valence-electron chi connectivity index (χ3n) is 2.85. The summed E-state index contributed by atoms with van der Waals surface area (Å²) in [6.07, 6.45) is 2.47. The highest BCUT2D eigenvalue weighted by molar-refractivity contribution is 5.56. The van der Waals surface area contributed by atoms with Gasteiger partial charge in [0, 0.05) is 30.2 Å². The minimum atomic E-state index is -0.445. The lowest BCUT2D eigenvalue weighted by molar-refractivity contribution is -0.384. The van der Waals surface area contributed by atoms with Crippen molar-refractivity contribution in [2.45, 2.75) is 32.2 Å². The monoisotopic (exact) mass is 276 g/mol. The lowest BCUT2D eigenvalue weighted by Crippen LogP contribution is -2.14. The van der Waals surface area contributed by atoms with Gasteiger partial charge in [0.15, 0.2) is 0 Å². The van der Waals surface area contributed by atoms with Gasteiger partial charge in [0.2, 0.25) is 11.7 Å². The van der Waals surface area contributed by atoms with Crippen LogP contribution in [0.1, 0.15) is 25.7 Å². The summed E-state index contributed by atoms with van der Waals surface area (Å²) in [6.45, 7) is 1.95. The molecule has 1 aromatic carbocycles. The maximum absolute atomic E-state index is 10.6. The highest BCUT2D eigenvalue weighted by Gasteiger charge is 2.11. The molecule has 7 nitrogen and oxygen atoms in total. The summed E-state index contributed by atoms with van der Waals surface area (Å²) in [7, 11) is 0. The van der Waals surface area contributed by atoms with Gasteiger partial charge in [0.1, 0.15) is 0 Å². The fourth-order valence-electron chi connectivity index (χ4n) is 1.78. The van der Waals surface area contributed by atoms with E-state index in [1.165, 1.54) is 12.1 Å². The Hall–Kier alpha value is -2.28. The lowest BCUT2D eigenvalue weighted by atomic mass is 10.1. The molecule has 106 valence electrons. The molecular formula is C13H16N4O3. The normalized spacial score (nSPS) is 12.3. The van der Waals surface area contributed by atoms with Crippen LogP contribution in [0.25, 0.3) is 11.4 Å². The number of nitro groups is 1. The van der Waals surface area contributed by atoms with Crippen LogP contribution in [0.2, 0.25) is 0 Å². The molecule has 0 aliphatic rings. The van der Waals surface area contributed by atoms with E-state index in [4.69, 9.17) is 10.3 Å². The number of aryl methyl sites for hydroxylation is 1. The molecule has 20 heavy (non-hydrogen) atoms. The summed E-state index contributed by atoms with van der Waals surface area (Å²) in [5, 5.41) is 14.4. The van der Waals surface area contributed by atoms with Crippen molar-refractivity contribution in [3.63, 3.8) is 0 Å². The van der Waals surface area contributed by atoms with Crippen LogP contribution in [0, 0.1) is 10.1 Å². The molecule has 2 rings (SSSR count). The Morgan fingerprint density at radius 1 is 1.40 bits per heavy atom. The van der Waals surface area contributed by atoms with Crippen LogP contribution in [-0.2, 0) is 6.42 Å². The zero-order valence-electron chi connectivity index (χ0n) is 11.2. The average molecular weight is 276 g/mol. The predicted octanol–water partition coefficient (Wildman–Crippen LogP) is 2.31. The first-order valence-electron chi connectivity index (χ1n) is 6.39. The SMILES string of the molecule is CC(N)CCCc1nc(-c2ccc([N+](=O)[O-])cc2)no1. The van der Waals surface area contributed by atoms with Crippen molar-refractivity contribution in [1.29, 1.82) is 0 Å². The van der Waals surface area contributed by atoms with Gasteiger partial charge < -0.3 is 10.3 Å². The molecule has 1 unspecified atom stereocenters. The van der Waals surface area contributed by atoms with Crippen LogP contribution in [0.15, 0.2) is 28.8 Å². The van der Waals surface area contributed by atoms with Gasteiger partial charge in [-0.25, -0.2) is 0 Å². The standard InChI is InChI=1S/C13H16N4O3/c1-9(14)3-2-4-12-15-13(16-20-12)10-5-7-11(8-6-10)17(18)19/h5-9H,2-4,14H2,1H3. The van der Waals surface area contributed by atoms with Gasteiger partial charge in [-0.2, -0.15) is 4.98 Å². The van der Waals surface area contributed by atoms with Crippen LogP contribution in [0.5, 0.6) is 0 Å². The predicted molar refractivity (Wildman–Crippen MR) is 73.0 cm³/mol.